The van der Waals surface area contributed by atoms with Crippen molar-refractivity contribution in [2.24, 2.45) is 0 Å². The number of fused-ring (bicyclic) bond motifs is 3. The highest BCUT2D eigenvalue weighted by Gasteiger charge is 2.53. The van der Waals surface area contributed by atoms with Crippen molar-refractivity contribution >= 4 is 41.8 Å². The highest BCUT2D eigenvalue weighted by Crippen LogP contribution is 2.44. The molecule has 2 N–H and O–H groups in total. The largest absolute Gasteiger partial charge is 0.463 e. The maximum absolute atomic E-state index is 13.6. The summed E-state index contributed by atoms with van der Waals surface area (Å²) in [6.07, 6.45) is -9.22. The first-order valence-corrected chi connectivity index (χ1v) is 16.9. The average molecular weight is 741 g/mol. The van der Waals surface area contributed by atoms with Crippen LogP contribution in [-0.4, -0.2) is 97.3 Å². The van der Waals surface area contributed by atoms with E-state index in [1.54, 1.807) is 20.8 Å². The molecule has 1 aliphatic carbocycles. The standard InChI is InChI=1S/C37H44N2O14/c1-19(40)47-18-29-31(49-20(2)41)32(50-21(3)42)33(51-22(4)43)34(52-29)39-30(44)16-28(35(45)53-37(5,6)7)38-36(46)48-17-27-25-14-10-8-12-23(25)24-13-9-11-15-26(24)27/h8-15,27-29,31-34H,16-18H2,1-7H3,(H,38,46)(H,39,44)/t28-,29+,31+,32-,33+,34+/m0/s1. The highest BCUT2D eigenvalue weighted by atomic mass is 16.7. The van der Waals surface area contributed by atoms with Gasteiger partial charge in [-0.3, -0.25) is 24.0 Å². The number of benzene rings is 2. The van der Waals surface area contributed by atoms with Crippen molar-refractivity contribution in [2.75, 3.05) is 13.2 Å². The van der Waals surface area contributed by atoms with Crippen molar-refractivity contribution in [1.29, 1.82) is 0 Å². The molecular weight excluding hydrogens is 696 g/mol. The number of alkyl carbamates (subject to hydrolysis) is 1. The van der Waals surface area contributed by atoms with Gasteiger partial charge in [0.05, 0.1) is 6.42 Å². The predicted molar refractivity (Wildman–Crippen MR) is 183 cm³/mol. The molecule has 1 saturated heterocycles. The number of nitrogens with one attached hydrogen (secondary N) is 2. The van der Waals surface area contributed by atoms with Gasteiger partial charge in [0.1, 0.15) is 31.0 Å². The van der Waals surface area contributed by atoms with E-state index in [0.29, 0.717) is 0 Å². The molecule has 2 aromatic carbocycles. The number of amides is 2. The quantitative estimate of drug-likeness (QED) is 0.237. The molecule has 1 heterocycles. The Balaban J connectivity index is 1.54. The minimum atomic E-state index is -1.60. The Morgan fingerprint density at radius 3 is 1.75 bits per heavy atom. The summed E-state index contributed by atoms with van der Waals surface area (Å²) in [5.41, 5.74) is 2.96. The lowest BCUT2D eigenvalue weighted by molar-refractivity contribution is -0.257. The van der Waals surface area contributed by atoms with Crippen LogP contribution in [0.3, 0.4) is 0 Å². The fraction of sp³-hybridized carbons (Fsp3) is 0.486. The van der Waals surface area contributed by atoms with E-state index in [9.17, 15) is 33.6 Å². The molecule has 2 amide bonds. The summed E-state index contributed by atoms with van der Waals surface area (Å²) in [6.45, 7) is 8.52. The third-order valence-corrected chi connectivity index (χ3v) is 8.01. The zero-order valence-corrected chi connectivity index (χ0v) is 30.5. The second kappa shape index (κ2) is 17.3. The van der Waals surface area contributed by atoms with Crippen molar-refractivity contribution < 1.29 is 66.7 Å². The smallest absolute Gasteiger partial charge is 0.407 e. The molecular formula is C37H44N2O14. The molecule has 0 radical (unpaired) electrons. The number of esters is 5. The number of hydrogen-bond acceptors (Lipinski definition) is 14. The SMILES string of the molecule is CC(=O)OC[C@H]1O[C@@H](NC(=O)C[C@H](NC(=O)OCC2c3ccccc3-c3ccccc32)C(=O)OC(C)(C)C)[C@H](OC(C)=O)[C@@H](OC(C)=O)[C@@H]1OC(C)=O. The molecule has 1 aliphatic heterocycles. The van der Waals surface area contributed by atoms with Crippen LogP contribution in [0.25, 0.3) is 11.1 Å². The summed E-state index contributed by atoms with van der Waals surface area (Å²) >= 11 is 0. The maximum Gasteiger partial charge on any atom is 0.407 e. The molecule has 1 fully saturated rings. The fourth-order valence-electron chi connectivity index (χ4n) is 6.10. The van der Waals surface area contributed by atoms with Gasteiger partial charge in [-0.2, -0.15) is 0 Å². The molecule has 0 saturated carbocycles. The molecule has 53 heavy (non-hydrogen) atoms. The van der Waals surface area contributed by atoms with E-state index in [1.807, 2.05) is 48.5 Å². The van der Waals surface area contributed by atoms with E-state index in [4.69, 9.17) is 33.2 Å². The zero-order chi connectivity index (χ0) is 39.0. The second-order valence-electron chi connectivity index (χ2n) is 13.4. The van der Waals surface area contributed by atoms with Crippen molar-refractivity contribution in [2.45, 2.75) is 103 Å². The van der Waals surface area contributed by atoms with Crippen LogP contribution in [0.4, 0.5) is 4.79 Å². The molecule has 6 atom stereocenters. The van der Waals surface area contributed by atoms with Crippen LogP contribution in [-0.2, 0) is 61.9 Å². The number of carbonyl (C=O) groups excluding carboxylic acids is 7. The third-order valence-electron chi connectivity index (χ3n) is 8.01. The van der Waals surface area contributed by atoms with Crippen LogP contribution in [0.1, 0.15) is 71.9 Å². The van der Waals surface area contributed by atoms with E-state index in [0.717, 1.165) is 49.9 Å². The topological polar surface area (TPSA) is 208 Å². The van der Waals surface area contributed by atoms with Gasteiger partial charge < -0.3 is 43.8 Å². The Morgan fingerprint density at radius 2 is 1.23 bits per heavy atom. The van der Waals surface area contributed by atoms with Crippen molar-refractivity contribution in [3.8, 4) is 11.1 Å². The van der Waals surface area contributed by atoms with E-state index >= 15 is 0 Å². The third kappa shape index (κ3) is 11.0. The predicted octanol–water partition coefficient (Wildman–Crippen LogP) is 2.82. The summed E-state index contributed by atoms with van der Waals surface area (Å²) in [4.78, 5) is 88.1. The fourth-order valence-corrected chi connectivity index (χ4v) is 6.10. The lowest BCUT2D eigenvalue weighted by Gasteiger charge is -2.44. The first-order valence-electron chi connectivity index (χ1n) is 16.9. The minimum absolute atomic E-state index is 0.0716. The van der Waals surface area contributed by atoms with E-state index in [1.165, 1.54) is 0 Å². The second-order valence-corrected chi connectivity index (χ2v) is 13.4. The van der Waals surface area contributed by atoms with Gasteiger partial charge in [0.15, 0.2) is 24.5 Å². The maximum atomic E-state index is 13.6. The van der Waals surface area contributed by atoms with Crippen molar-refractivity contribution in [3.63, 3.8) is 0 Å². The normalized spacial score (nSPS) is 21.1. The van der Waals surface area contributed by atoms with Crippen molar-refractivity contribution in [1.82, 2.24) is 10.6 Å². The molecule has 0 unspecified atom stereocenters. The molecule has 2 aromatic rings. The number of hydrogen-bond donors (Lipinski definition) is 2. The number of rotatable bonds is 12. The molecule has 0 aromatic heterocycles. The monoisotopic (exact) mass is 740 g/mol. The number of carbonyl (C=O) groups is 7. The van der Waals surface area contributed by atoms with Gasteiger partial charge in [0.25, 0.3) is 0 Å². The van der Waals surface area contributed by atoms with Gasteiger partial charge in [0.2, 0.25) is 5.91 Å². The van der Waals surface area contributed by atoms with Crippen LogP contribution >= 0.6 is 0 Å². The molecule has 0 spiro atoms. The molecule has 2 aliphatic rings. The van der Waals surface area contributed by atoms with E-state index in [-0.39, 0.29) is 12.5 Å². The average Bonchev–Trinajstić information content (AvgIpc) is 3.37. The van der Waals surface area contributed by atoms with Gasteiger partial charge in [-0.05, 0) is 43.0 Å². The molecule has 16 nitrogen and oxygen atoms in total. The molecule has 286 valence electrons. The summed E-state index contributed by atoms with van der Waals surface area (Å²) in [5.74, 6) is -5.44. The van der Waals surface area contributed by atoms with Crippen LogP contribution in [0, 0.1) is 0 Å². The highest BCUT2D eigenvalue weighted by molar-refractivity contribution is 5.88. The summed E-state index contributed by atoms with van der Waals surface area (Å²) < 4.78 is 38.2. The van der Waals surface area contributed by atoms with E-state index in [2.05, 4.69) is 10.6 Å². The van der Waals surface area contributed by atoms with Crippen LogP contribution in [0.2, 0.25) is 0 Å². The van der Waals surface area contributed by atoms with Crippen molar-refractivity contribution in [3.05, 3.63) is 59.7 Å². The molecule has 16 heteroatoms. The van der Waals surface area contributed by atoms with Crippen LogP contribution in [0.15, 0.2) is 48.5 Å². The van der Waals surface area contributed by atoms with E-state index < -0.39 is 97.2 Å². The van der Waals surface area contributed by atoms with Gasteiger partial charge in [-0.15, -0.1) is 0 Å². The first-order chi connectivity index (χ1) is 24.9. The Hall–Kier alpha value is -5.51. The summed E-state index contributed by atoms with van der Waals surface area (Å²) in [6, 6.07) is 13.9. The summed E-state index contributed by atoms with van der Waals surface area (Å²) in [5, 5.41) is 4.90. The van der Waals surface area contributed by atoms with Crippen LogP contribution in [0.5, 0.6) is 0 Å². The molecule has 4 rings (SSSR count). The Labute approximate surface area is 306 Å². The summed E-state index contributed by atoms with van der Waals surface area (Å²) in [7, 11) is 0. The van der Waals surface area contributed by atoms with Crippen LogP contribution < -0.4 is 10.6 Å². The van der Waals surface area contributed by atoms with Gasteiger partial charge in [0, 0.05) is 33.6 Å². The Bertz CT molecular complexity index is 1670. The zero-order valence-electron chi connectivity index (χ0n) is 30.5. The Morgan fingerprint density at radius 1 is 0.698 bits per heavy atom. The molecule has 0 bridgehead atoms. The first kappa shape index (κ1) is 40.3. The lowest BCUT2D eigenvalue weighted by Crippen LogP contribution is -2.66. The Kier molecular flexibility index (Phi) is 13.2. The lowest BCUT2D eigenvalue weighted by atomic mass is 9.97. The minimum Gasteiger partial charge on any atom is -0.463 e. The van der Waals surface area contributed by atoms with Gasteiger partial charge >= 0.3 is 35.9 Å². The van der Waals surface area contributed by atoms with Gasteiger partial charge in [-0.25, -0.2) is 9.59 Å². The number of ether oxygens (including phenoxy) is 7. The van der Waals surface area contributed by atoms with Gasteiger partial charge in [-0.1, -0.05) is 48.5 Å².